The SMILES string of the molecule is CNC1=CCC(NC)(c2nc(-c3ccccc3)c(-c3ccccc3)[nH]2)C=C1. The number of benzene rings is 2. The largest absolute Gasteiger partial charge is 0.388 e. The van der Waals surface area contributed by atoms with Gasteiger partial charge in [-0.05, 0) is 19.5 Å². The van der Waals surface area contributed by atoms with E-state index in [9.17, 15) is 0 Å². The third-order valence-corrected chi connectivity index (χ3v) is 5.16. The highest BCUT2D eigenvalue weighted by molar-refractivity contribution is 5.78. The lowest BCUT2D eigenvalue weighted by molar-refractivity contribution is 0.431. The molecular formula is C23H24N4. The van der Waals surface area contributed by atoms with Gasteiger partial charge < -0.3 is 15.6 Å². The summed E-state index contributed by atoms with van der Waals surface area (Å²) in [5, 5.41) is 6.67. The molecule has 0 saturated carbocycles. The number of H-pyrrole nitrogens is 1. The van der Waals surface area contributed by atoms with Gasteiger partial charge in [-0.2, -0.15) is 0 Å². The smallest absolute Gasteiger partial charge is 0.132 e. The van der Waals surface area contributed by atoms with Crippen LogP contribution in [0.4, 0.5) is 0 Å². The van der Waals surface area contributed by atoms with Gasteiger partial charge in [-0.3, -0.25) is 0 Å². The van der Waals surface area contributed by atoms with E-state index < -0.39 is 0 Å². The maximum atomic E-state index is 5.06. The van der Waals surface area contributed by atoms with Crippen molar-refractivity contribution in [3.8, 4) is 22.5 Å². The summed E-state index contributed by atoms with van der Waals surface area (Å²) in [6.45, 7) is 0. The Morgan fingerprint density at radius 2 is 1.59 bits per heavy atom. The van der Waals surface area contributed by atoms with Crippen LogP contribution in [0.3, 0.4) is 0 Å². The number of aromatic amines is 1. The molecule has 1 unspecified atom stereocenters. The number of likely N-dealkylation sites (N-methyl/N-ethyl adjacent to an activating group) is 2. The molecule has 0 bridgehead atoms. The quantitative estimate of drug-likeness (QED) is 0.641. The summed E-state index contributed by atoms with van der Waals surface area (Å²) in [4.78, 5) is 8.67. The molecule has 27 heavy (non-hydrogen) atoms. The van der Waals surface area contributed by atoms with Gasteiger partial charge in [-0.25, -0.2) is 4.98 Å². The molecule has 0 aliphatic heterocycles. The zero-order valence-electron chi connectivity index (χ0n) is 15.7. The van der Waals surface area contributed by atoms with Crippen molar-refractivity contribution < 1.29 is 0 Å². The number of nitrogens with zero attached hydrogens (tertiary/aromatic N) is 1. The van der Waals surface area contributed by atoms with Crippen molar-refractivity contribution in [2.24, 2.45) is 0 Å². The monoisotopic (exact) mass is 356 g/mol. The summed E-state index contributed by atoms with van der Waals surface area (Å²) >= 11 is 0. The molecule has 0 radical (unpaired) electrons. The lowest BCUT2D eigenvalue weighted by atomic mass is 9.89. The van der Waals surface area contributed by atoms with Gasteiger partial charge in [0.1, 0.15) is 5.82 Å². The average Bonchev–Trinajstić information content (AvgIpc) is 3.21. The van der Waals surface area contributed by atoms with E-state index in [2.05, 4.69) is 82.4 Å². The van der Waals surface area contributed by atoms with E-state index in [1.165, 1.54) is 0 Å². The Labute approximate surface area is 160 Å². The minimum Gasteiger partial charge on any atom is -0.388 e. The van der Waals surface area contributed by atoms with Crippen LogP contribution in [-0.4, -0.2) is 24.1 Å². The van der Waals surface area contributed by atoms with Gasteiger partial charge in [0.2, 0.25) is 0 Å². The van der Waals surface area contributed by atoms with Gasteiger partial charge in [0, 0.05) is 23.9 Å². The number of allylic oxidation sites excluding steroid dienone is 1. The minimum atomic E-state index is -0.350. The van der Waals surface area contributed by atoms with Gasteiger partial charge in [-0.15, -0.1) is 0 Å². The maximum absolute atomic E-state index is 5.06. The highest BCUT2D eigenvalue weighted by atomic mass is 15.1. The van der Waals surface area contributed by atoms with Crippen LogP contribution in [0.5, 0.6) is 0 Å². The Morgan fingerprint density at radius 1 is 0.926 bits per heavy atom. The van der Waals surface area contributed by atoms with Gasteiger partial charge in [0.25, 0.3) is 0 Å². The van der Waals surface area contributed by atoms with Crippen LogP contribution in [0.2, 0.25) is 0 Å². The van der Waals surface area contributed by atoms with Crippen LogP contribution in [-0.2, 0) is 5.54 Å². The van der Waals surface area contributed by atoms with Crippen LogP contribution in [0.15, 0.2) is 84.6 Å². The van der Waals surface area contributed by atoms with Crippen molar-refractivity contribution in [3.63, 3.8) is 0 Å². The Balaban J connectivity index is 1.85. The fraction of sp³-hybridized carbons (Fsp3) is 0.174. The predicted molar refractivity (Wildman–Crippen MR) is 111 cm³/mol. The first kappa shape index (κ1) is 17.3. The molecule has 4 rings (SSSR count). The molecule has 0 spiro atoms. The Morgan fingerprint density at radius 3 is 2.15 bits per heavy atom. The number of nitrogens with one attached hydrogen (secondary N) is 3. The minimum absolute atomic E-state index is 0.350. The van der Waals surface area contributed by atoms with Crippen molar-refractivity contribution in [3.05, 3.63) is 90.4 Å². The topological polar surface area (TPSA) is 52.7 Å². The van der Waals surface area contributed by atoms with Crippen LogP contribution in [0.1, 0.15) is 12.2 Å². The Hall–Kier alpha value is -3.11. The third-order valence-electron chi connectivity index (χ3n) is 5.16. The summed E-state index contributed by atoms with van der Waals surface area (Å²) in [6, 6.07) is 20.7. The summed E-state index contributed by atoms with van der Waals surface area (Å²) in [7, 11) is 3.92. The molecule has 1 aromatic heterocycles. The van der Waals surface area contributed by atoms with Crippen LogP contribution < -0.4 is 10.6 Å². The van der Waals surface area contributed by atoms with Gasteiger partial charge in [0.15, 0.2) is 0 Å². The molecule has 0 amide bonds. The van der Waals surface area contributed by atoms with Gasteiger partial charge >= 0.3 is 0 Å². The standard InChI is InChI=1S/C23H24N4/c1-24-19-13-15-23(25-2,16-14-19)22-26-20(17-9-5-3-6-10-17)21(27-22)18-11-7-4-8-12-18/h3-15,24-25H,16H2,1-2H3,(H,26,27). The van der Waals surface area contributed by atoms with E-state index in [0.29, 0.717) is 0 Å². The molecule has 4 heteroatoms. The second kappa shape index (κ2) is 7.25. The lowest BCUT2D eigenvalue weighted by Gasteiger charge is -2.30. The zero-order valence-corrected chi connectivity index (χ0v) is 15.7. The molecule has 136 valence electrons. The first-order valence-corrected chi connectivity index (χ1v) is 9.23. The van der Waals surface area contributed by atoms with E-state index in [4.69, 9.17) is 4.98 Å². The summed E-state index contributed by atoms with van der Waals surface area (Å²) in [5.74, 6) is 0.922. The van der Waals surface area contributed by atoms with E-state index in [-0.39, 0.29) is 5.54 Å². The highest BCUT2D eigenvalue weighted by Crippen LogP contribution is 2.36. The molecule has 1 aliphatic carbocycles. The molecular weight excluding hydrogens is 332 g/mol. The molecule has 0 fully saturated rings. The van der Waals surface area contributed by atoms with Crippen LogP contribution >= 0.6 is 0 Å². The molecule has 3 N–H and O–H groups in total. The van der Waals surface area contributed by atoms with Crippen molar-refractivity contribution in [1.29, 1.82) is 0 Å². The van der Waals surface area contributed by atoms with Crippen molar-refractivity contribution in [1.82, 2.24) is 20.6 Å². The van der Waals surface area contributed by atoms with Crippen molar-refractivity contribution in [2.75, 3.05) is 14.1 Å². The summed E-state index contributed by atoms with van der Waals surface area (Å²) in [5.41, 5.74) is 5.03. The molecule has 2 aromatic carbocycles. The molecule has 1 heterocycles. The average molecular weight is 356 g/mol. The molecule has 1 aliphatic rings. The second-order valence-electron chi connectivity index (χ2n) is 6.71. The first-order valence-electron chi connectivity index (χ1n) is 9.23. The highest BCUT2D eigenvalue weighted by Gasteiger charge is 2.33. The van der Waals surface area contributed by atoms with Gasteiger partial charge in [-0.1, -0.05) is 72.8 Å². The van der Waals surface area contributed by atoms with Crippen molar-refractivity contribution in [2.45, 2.75) is 12.0 Å². The Bertz CT molecular complexity index is 913. The number of hydrogen-bond donors (Lipinski definition) is 3. The maximum Gasteiger partial charge on any atom is 0.132 e. The molecule has 3 aromatic rings. The number of hydrogen-bond acceptors (Lipinski definition) is 3. The number of imidazole rings is 1. The van der Waals surface area contributed by atoms with E-state index in [0.717, 1.165) is 40.5 Å². The van der Waals surface area contributed by atoms with Crippen LogP contribution in [0.25, 0.3) is 22.5 Å². The lowest BCUT2D eigenvalue weighted by Crippen LogP contribution is -2.40. The number of rotatable bonds is 5. The second-order valence-corrected chi connectivity index (χ2v) is 6.71. The van der Waals surface area contributed by atoms with E-state index in [1.54, 1.807) is 0 Å². The van der Waals surface area contributed by atoms with E-state index in [1.807, 2.05) is 26.2 Å². The molecule has 0 saturated heterocycles. The normalized spacial score (nSPS) is 19.0. The summed E-state index contributed by atoms with van der Waals surface area (Å²) in [6.07, 6.45) is 7.31. The fourth-order valence-electron chi connectivity index (χ4n) is 3.51. The Kier molecular flexibility index (Phi) is 4.65. The number of aromatic nitrogens is 2. The predicted octanol–water partition coefficient (Wildman–Crippen LogP) is 4.22. The fourth-order valence-corrected chi connectivity index (χ4v) is 3.51. The van der Waals surface area contributed by atoms with Crippen molar-refractivity contribution >= 4 is 0 Å². The van der Waals surface area contributed by atoms with E-state index >= 15 is 0 Å². The van der Waals surface area contributed by atoms with Crippen LogP contribution in [0, 0.1) is 0 Å². The van der Waals surface area contributed by atoms with Gasteiger partial charge in [0.05, 0.1) is 16.9 Å². The molecule has 4 nitrogen and oxygen atoms in total. The molecule has 1 atom stereocenters. The first-order chi connectivity index (χ1) is 13.3. The third kappa shape index (κ3) is 3.20. The zero-order chi connectivity index (χ0) is 18.7. The summed E-state index contributed by atoms with van der Waals surface area (Å²) < 4.78 is 0.